The summed E-state index contributed by atoms with van der Waals surface area (Å²) in [6.45, 7) is 0. The molecule has 0 radical (unpaired) electrons. The molecule has 2 aromatic carbocycles. The van der Waals surface area contributed by atoms with Crippen molar-refractivity contribution in [2.24, 2.45) is 0 Å². The molecule has 0 unspecified atom stereocenters. The Kier molecular flexibility index (Phi) is 3.07. The predicted molar refractivity (Wildman–Crippen MR) is 69.3 cm³/mol. The summed E-state index contributed by atoms with van der Waals surface area (Å²) in [5.41, 5.74) is 1.23. The van der Waals surface area contributed by atoms with Gasteiger partial charge < -0.3 is 0 Å². The Morgan fingerprint density at radius 1 is 1.21 bits per heavy atom. The molecule has 0 spiro atoms. The highest BCUT2D eigenvalue weighted by atomic mass is 127. The Hall–Kier alpha value is -0.160. The fraction of sp³-hybridized carbons (Fsp3) is 0.0909. The van der Waals surface area contributed by atoms with Gasteiger partial charge in [-0.15, -0.1) is 0 Å². The maximum Gasteiger partial charge on any atom is 0.123 e. The Bertz CT molecular complexity index is 482. The third kappa shape index (κ3) is 1.80. The van der Waals surface area contributed by atoms with Gasteiger partial charge in [0.25, 0.3) is 0 Å². The van der Waals surface area contributed by atoms with Crippen molar-refractivity contribution in [2.45, 2.75) is 4.43 Å². The highest BCUT2D eigenvalue weighted by molar-refractivity contribution is 14.1. The first-order valence-electron chi connectivity index (χ1n) is 4.15. The van der Waals surface area contributed by atoms with Crippen molar-refractivity contribution in [2.75, 3.05) is 0 Å². The molecule has 0 aliphatic rings. The van der Waals surface area contributed by atoms with Crippen molar-refractivity contribution in [1.29, 1.82) is 0 Å². The molecule has 0 bridgehead atoms. The van der Waals surface area contributed by atoms with Crippen LogP contribution < -0.4 is 0 Å². The third-order valence-corrected chi connectivity index (χ3v) is 3.68. The van der Waals surface area contributed by atoms with Crippen LogP contribution in [-0.4, -0.2) is 0 Å². The normalized spacial score (nSPS) is 10.8. The van der Waals surface area contributed by atoms with Crippen molar-refractivity contribution in [3.05, 3.63) is 46.2 Å². The number of fused-ring (bicyclic) bond motifs is 1. The van der Waals surface area contributed by atoms with Gasteiger partial charge in [0.2, 0.25) is 0 Å². The molecule has 14 heavy (non-hydrogen) atoms. The Balaban J connectivity index is 2.82. The van der Waals surface area contributed by atoms with Crippen LogP contribution in [0.3, 0.4) is 0 Å². The fourth-order valence-corrected chi connectivity index (χ4v) is 3.31. The number of alkyl halides is 1. The molecule has 0 saturated heterocycles. The molecule has 0 heterocycles. The lowest BCUT2D eigenvalue weighted by Crippen LogP contribution is -1.85. The molecule has 72 valence electrons. The maximum absolute atomic E-state index is 13.0. The molecule has 2 rings (SSSR count). The van der Waals surface area contributed by atoms with Crippen LogP contribution in [0.15, 0.2) is 34.8 Å². The summed E-state index contributed by atoms with van der Waals surface area (Å²) in [5.74, 6) is -0.181. The number of hydrogen-bond acceptors (Lipinski definition) is 0. The monoisotopic (exact) mass is 364 g/mol. The molecule has 0 amide bonds. The first kappa shape index (κ1) is 10.4. The molecule has 0 atom stereocenters. The predicted octanol–water partition coefficient (Wildman–Crippen LogP) is 4.68. The molecule has 0 N–H and O–H groups in total. The minimum atomic E-state index is -0.181. The largest absolute Gasteiger partial charge is 0.207 e. The number of hydrogen-bond donors (Lipinski definition) is 0. The molecule has 0 fully saturated rings. The summed E-state index contributed by atoms with van der Waals surface area (Å²) >= 11 is 5.81. The standard InChI is InChI=1S/C11H7BrFI/c12-11-4-1-7-5-8(13)2-3-9(7)10(11)6-14/h1-5H,6H2. The molecular weight excluding hydrogens is 358 g/mol. The van der Waals surface area contributed by atoms with E-state index in [0.29, 0.717) is 0 Å². The Morgan fingerprint density at radius 2 is 2.00 bits per heavy atom. The SMILES string of the molecule is Fc1ccc2c(CI)c(Br)ccc2c1. The average molecular weight is 365 g/mol. The van der Waals surface area contributed by atoms with Crippen LogP contribution in [0, 0.1) is 5.82 Å². The first-order chi connectivity index (χ1) is 6.72. The van der Waals surface area contributed by atoms with E-state index in [4.69, 9.17) is 0 Å². The van der Waals surface area contributed by atoms with Crippen molar-refractivity contribution in [3.63, 3.8) is 0 Å². The van der Waals surface area contributed by atoms with E-state index in [1.165, 1.54) is 11.6 Å². The zero-order chi connectivity index (χ0) is 10.1. The van der Waals surface area contributed by atoms with Gasteiger partial charge >= 0.3 is 0 Å². The van der Waals surface area contributed by atoms with E-state index in [0.717, 1.165) is 19.7 Å². The molecule has 0 saturated carbocycles. The number of benzene rings is 2. The minimum Gasteiger partial charge on any atom is -0.207 e. The molecule has 2 aromatic rings. The molecular formula is C11H7BrFI. The molecule has 0 aromatic heterocycles. The van der Waals surface area contributed by atoms with Gasteiger partial charge in [0.15, 0.2) is 0 Å². The van der Waals surface area contributed by atoms with Gasteiger partial charge in [-0.05, 0) is 34.5 Å². The van der Waals surface area contributed by atoms with E-state index < -0.39 is 0 Å². The van der Waals surface area contributed by atoms with Gasteiger partial charge in [-0.25, -0.2) is 4.39 Å². The summed E-state index contributed by atoms with van der Waals surface area (Å²) in [7, 11) is 0. The highest BCUT2D eigenvalue weighted by Crippen LogP contribution is 2.28. The van der Waals surface area contributed by atoms with Crippen molar-refractivity contribution in [1.82, 2.24) is 0 Å². The maximum atomic E-state index is 13.0. The zero-order valence-electron chi connectivity index (χ0n) is 7.23. The summed E-state index contributed by atoms with van der Waals surface area (Å²) in [4.78, 5) is 0. The van der Waals surface area contributed by atoms with Crippen LogP contribution in [0.5, 0.6) is 0 Å². The van der Waals surface area contributed by atoms with Gasteiger partial charge in [-0.2, -0.15) is 0 Å². The molecule has 0 nitrogen and oxygen atoms in total. The van der Waals surface area contributed by atoms with Gasteiger partial charge in [0, 0.05) is 8.90 Å². The van der Waals surface area contributed by atoms with Crippen LogP contribution in [0.1, 0.15) is 5.56 Å². The van der Waals surface area contributed by atoms with E-state index in [-0.39, 0.29) is 5.82 Å². The van der Waals surface area contributed by atoms with Crippen LogP contribution in [0.4, 0.5) is 4.39 Å². The first-order valence-corrected chi connectivity index (χ1v) is 6.47. The lowest BCUT2D eigenvalue weighted by Gasteiger charge is -2.06. The van der Waals surface area contributed by atoms with Crippen molar-refractivity contribution < 1.29 is 4.39 Å². The van der Waals surface area contributed by atoms with Crippen LogP contribution in [-0.2, 0) is 4.43 Å². The highest BCUT2D eigenvalue weighted by Gasteiger charge is 2.04. The topological polar surface area (TPSA) is 0 Å². The second-order valence-electron chi connectivity index (χ2n) is 3.03. The second kappa shape index (κ2) is 4.14. The van der Waals surface area contributed by atoms with Gasteiger partial charge in [-0.3, -0.25) is 0 Å². The van der Waals surface area contributed by atoms with E-state index in [1.54, 1.807) is 6.07 Å². The van der Waals surface area contributed by atoms with Crippen LogP contribution >= 0.6 is 38.5 Å². The van der Waals surface area contributed by atoms with Crippen molar-refractivity contribution >= 4 is 49.3 Å². The van der Waals surface area contributed by atoms with E-state index >= 15 is 0 Å². The molecule has 0 aliphatic carbocycles. The second-order valence-corrected chi connectivity index (χ2v) is 4.64. The number of rotatable bonds is 1. The Labute approximate surface area is 104 Å². The fourth-order valence-electron chi connectivity index (χ4n) is 1.47. The lowest BCUT2D eigenvalue weighted by atomic mass is 10.1. The van der Waals surface area contributed by atoms with Gasteiger partial charge in [0.1, 0.15) is 5.82 Å². The Morgan fingerprint density at radius 3 is 2.71 bits per heavy atom. The minimum absolute atomic E-state index is 0.181. The zero-order valence-corrected chi connectivity index (χ0v) is 11.0. The van der Waals surface area contributed by atoms with E-state index in [2.05, 4.69) is 38.5 Å². The lowest BCUT2D eigenvalue weighted by molar-refractivity contribution is 0.629. The van der Waals surface area contributed by atoms with Crippen molar-refractivity contribution in [3.8, 4) is 0 Å². The molecule has 0 aliphatic heterocycles. The van der Waals surface area contributed by atoms with Gasteiger partial charge in [0.05, 0.1) is 0 Å². The van der Waals surface area contributed by atoms with E-state index in [9.17, 15) is 4.39 Å². The molecule has 3 heteroatoms. The average Bonchev–Trinajstić information content (AvgIpc) is 2.18. The van der Waals surface area contributed by atoms with E-state index in [1.807, 2.05) is 18.2 Å². The summed E-state index contributed by atoms with van der Waals surface area (Å²) in [5, 5.41) is 2.08. The van der Waals surface area contributed by atoms with Crippen LogP contribution in [0.25, 0.3) is 10.8 Å². The number of halogens is 3. The summed E-state index contributed by atoms with van der Waals surface area (Å²) in [6, 6.07) is 8.81. The van der Waals surface area contributed by atoms with Gasteiger partial charge in [-0.1, -0.05) is 50.7 Å². The summed E-state index contributed by atoms with van der Waals surface area (Å²) < 4.78 is 15.0. The smallest absolute Gasteiger partial charge is 0.123 e. The third-order valence-electron chi connectivity index (χ3n) is 2.17. The van der Waals surface area contributed by atoms with Crippen LogP contribution in [0.2, 0.25) is 0 Å². The quantitative estimate of drug-likeness (QED) is 0.509. The summed E-state index contributed by atoms with van der Waals surface area (Å²) in [6.07, 6.45) is 0.